The minimum absolute atomic E-state index is 0.177. The maximum atomic E-state index is 12.9. The van der Waals surface area contributed by atoms with Crippen molar-refractivity contribution in [1.29, 1.82) is 0 Å². The predicted octanol–water partition coefficient (Wildman–Crippen LogP) is 2.01. The molecule has 1 aliphatic carbocycles. The Morgan fingerprint density at radius 2 is 1.94 bits per heavy atom. The highest BCUT2D eigenvalue weighted by atomic mass is 19.1. The normalized spacial score (nSPS) is 30.3. The molecule has 1 fully saturated rings. The van der Waals surface area contributed by atoms with Gasteiger partial charge >= 0.3 is 0 Å². The summed E-state index contributed by atoms with van der Waals surface area (Å²) in [4.78, 5) is 0. The molecule has 3 unspecified atom stereocenters. The first-order valence-electron chi connectivity index (χ1n) is 5.90. The summed E-state index contributed by atoms with van der Waals surface area (Å²) in [6, 6.07) is 7.34. The molecule has 1 aromatic carbocycles. The lowest BCUT2D eigenvalue weighted by molar-refractivity contribution is 0.306. The number of likely N-dealkylation sites (N-methyl/N-ethyl adjacent to an activating group) is 1. The van der Waals surface area contributed by atoms with Crippen molar-refractivity contribution < 1.29 is 4.39 Å². The fraction of sp³-hybridized carbons (Fsp3) is 0.538. The van der Waals surface area contributed by atoms with Crippen LogP contribution in [0.4, 0.5) is 4.39 Å². The van der Waals surface area contributed by atoms with Crippen LogP contribution in [0.15, 0.2) is 24.3 Å². The van der Waals surface area contributed by atoms with Crippen molar-refractivity contribution in [3.8, 4) is 0 Å². The third-order valence-electron chi connectivity index (χ3n) is 3.57. The van der Waals surface area contributed by atoms with Crippen LogP contribution in [0.3, 0.4) is 0 Å². The Morgan fingerprint density at radius 3 is 2.56 bits per heavy atom. The molecule has 3 atom stereocenters. The van der Waals surface area contributed by atoms with Crippen molar-refractivity contribution in [2.24, 2.45) is 5.73 Å². The van der Waals surface area contributed by atoms with E-state index in [0.29, 0.717) is 12.0 Å². The highest BCUT2D eigenvalue weighted by Crippen LogP contribution is 2.32. The topological polar surface area (TPSA) is 38.0 Å². The zero-order valence-corrected chi connectivity index (χ0v) is 9.62. The number of hydrogen-bond acceptors (Lipinski definition) is 2. The van der Waals surface area contributed by atoms with Crippen LogP contribution < -0.4 is 11.1 Å². The molecule has 0 spiro atoms. The standard InChI is InChI=1S/C13H19FN2/c1-16-12-4-2-3-11(15)13(12)9-5-7-10(14)8-6-9/h5-8,11-13,16H,2-4,15H2,1H3. The van der Waals surface area contributed by atoms with Crippen LogP contribution in [0.5, 0.6) is 0 Å². The second-order valence-electron chi connectivity index (χ2n) is 4.57. The number of benzene rings is 1. The zero-order chi connectivity index (χ0) is 11.5. The first-order chi connectivity index (χ1) is 7.72. The van der Waals surface area contributed by atoms with Crippen molar-refractivity contribution in [2.75, 3.05) is 7.05 Å². The average molecular weight is 222 g/mol. The van der Waals surface area contributed by atoms with E-state index >= 15 is 0 Å². The Bertz CT molecular complexity index is 336. The molecule has 0 bridgehead atoms. The Hall–Kier alpha value is -0.930. The van der Waals surface area contributed by atoms with E-state index in [1.807, 2.05) is 19.2 Å². The molecule has 0 heterocycles. The van der Waals surface area contributed by atoms with Crippen LogP contribution in [0.25, 0.3) is 0 Å². The summed E-state index contributed by atoms with van der Waals surface area (Å²) in [6.07, 6.45) is 3.37. The molecule has 0 radical (unpaired) electrons. The van der Waals surface area contributed by atoms with Crippen LogP contribution in [0.1, 0.15) is 30.7 Å². The van der Waals surface area contributed by atoms with E-state index in [0.717, 1.165) is 18.4 Å². The Kier molecular flexibility index (Phi) is 3.56. The van der Waals surface area contributed by atoms with Gasteiger partial charge < -0.3 is 11.1 Å². The molecule has 2 nitrogen and oxygen atoms in total. The molecule has 2 rings (SSSR count). The van der Waals surface area contributed by atoms with Crippen LogP contribution in [0.2, 0.25) is 0 Å². The average Bonchev–Trinajstić information content (AvgIpc) is 2.30. The molecule has 0 aromatic heterocycles. The fourth-order valence-electron chi connectivity index (χ4n) is 2.72. The van der Waals surface area contributed by atoms with E-state index < -0.39 is 0 Å². The molecular weight excluding hydrogens is 203 g/mol. The van der Waals surface area contributed by atoms with Crippen molar-refractivity contribution in [3.05, 3.63) is 35.6 Å². The summed E-state index contributed by atoms with van der Waals surface area (Å²) in [5.74, 6) is 0.119. The second-order valence-corrected chi connectivity index (χ2v) is 4.57. The molecule has 88 valence electrons. The van der Waals surface area contributed by atoms with Crippen LogP contribution >= 0.6 is 0 Å². The lowest BCUT2D eigenvalue weighted by Gasteiger charge is -2.36. The second kappa shape index (κ2) is 4.93. The van der Waals surface area contributed by atoms with Crippen molar-refractivity contribution in [1.82, 2.24) is 5.32 Å². The first-order valence-corrected chi connectivity index (χ1v) is 5.90. The van der Waals surface area contributed by atoms with Gasteiger partial charge in [-0.2, -0.15) is 0 Å². The number of rotatable bonds is 2. The Morgan fingerprint density at radius 1 is 1.25 bits per heavy atom. The molecule has 0 amide bonds. The van der Waals surface area contributed by atoms with Gasteiger partial charge in [0.2, 0.25) is 0 Å². The summed E-state index contributed by atoms with van der Waals surface area (Å²) in [5.41, 5.74) is 7.33. The Labute approximate surface area is 96.0 Å². The van der Waals surface area contributed by atoms with Gasteiger partial charge in [0.05, 0.1) is 0 Å². The van der Waals surface area contributed by atoms with Gasteiger partial charge in [0, 0.05) is 18.0 Å². The summed E-state index contributed by atoms with van der Waals surface area (Å²) in [6.45, 7) is 0. The smallest absolute Gasteiger partial charge is 0.123 e. The lowest BCUT2D eigenvalue weighted by Crippen LogP contribution is -2.45. The third-order valence-corrected chi connectivity index (χ3v) is 3.57. The van der Waals surface area contributed by atoms with Crippen molar-refractivity contribution >= 4 is 0 Å². The molecular formula is C13H19FN2. The highest BCUT2D eigenvalue weighted by molar-refractivity contribution is 5.24. The van der Waals surface area contributed by atoms with Gasteiger partial charge in [-0.25, -0.2) is 4.39 Å². The molecule has 16 heavy (non-hydrogen) atoms. The van der Waals surface area contributed by atoms with E-state index in [1.165, 1.54) is 18.6 Å². The largest absolute Gasteiger partial charge is 0.327 e. The van der Waals surface area contributed by atoms with Crippen molar-refractivity contribution in [2.45, 2.75) is 37.3 Å². The van der Waals surface area contributed by atoms with Gasteiger partial charge in [0.1, 0.15) is 5.82 Å². The van der Waals surface area contributed by atoms with Gasteiger partial charge in [0.25, 0.3) is 0 Å². The van der Waals surface area contributed by atoms with E-state index in [9.17, 15) is 4.39 Å². The molecule has 1 aromatic rings. The SMILES string of the molecule is CNC1CCCC(N)C1c1ccc(F)cc1. The monoisotopic (exact) mass is 222 g/mol. The van der Waals surface area contributed by atoms with Gasteiger partial charge in [-0.3, -0.25) is 0 Å². The van der Waals surface area contributed by atoms with E-state index in [-0.39, 0.29) is 11.9 Å². The molecule has 1 saturated carbocycles. The number of halogens is 1. The van der Waals surface area contributed by atoms with Gasteiger partial charge in [0.15, 0.2) is 0 Å². The zero-order valence-electron chi connectivity index (χ0n) is 9.62. The summed E-state index contributed by atoms with van der Waals surface area (Å²) < 4.78 is 12.9. The van der Waals surface area contributed by atoms with Gasteiger partial charge in [-0.15, -0.1) is 0 Å². The third kappa shape index (κ3) is 2.25. The lowest BCUT2D eigenvalue weighted by atomic mass is 9.77. The minimum atomic E-state index is -0.186. The summed E-state index contributed by atoms with van der Waals surface area (Å²) in [7, 11) is 1.97. The number of hydrogen-bond donors (Lipinski definition) is 2. The molecule has 3 N–H and O–H groups in total. The highest BCUT2D eigenvalue weighted by Gasteiger charge is 2.31. The maximum Gasteiger partial charge on any atom is 0.123 e. The predicted molar refractivity (Wildman–Crippen MR) is 63.8 cm³/mol. The van der Waals surface area contributed by atoms with Crippen LogP contribution in [-0.2, 0) is 0 Å². The first kappa shape index (κ1) is 11.6. The van der Waals surface area contributed by atoms with Gasteiger partial charge in [-0.1, -0.05) is 18.6 Å². The van der Waals surface area contributed by atoms with Gasteiger partial charge in [-0.05, 0) is 37.6 Å². The van der Waals surface area contributed by atoms with Crippen LogP contribution in [0, 0.1) is 5.82 Å². The summed E-state index contributed by atoms with van der Waals surface area (Å²) >= 11 is 0. The summed E-state index contributed by atoms with van der Waals surface area (Å²) in [5, 5.41) is 3.32. The van der Waals surface area contributed by atoms with Crippen LogP contribution in [-0.4, -0.2) is 19.1 Å². The molecule has 0 aliphatic heterocycles. The minimum Gasteiger partial charge on any atom is -0.327 e. The Balaban J connectivity index is 2.24. The van der Waals surface area contributed by atoms with E-state index in [2.05, 4.69) is 5.32 Å². The molecule has 3 heteroatoms. The number of nitrogens with one attached hydrogen (secondary N) is 1. The molecule has 1 aliphatic rings. The quantitative estimate of drug-likeness (QED) is 0.803. The van der Waals surface area contributed by atoms with E-state index in [1.54, 1.807) is 0 Å². The van der Waals surface area contributed by atoms with Crippen molar-refractivity contribution in [3.63, 3.8) is 0 Å². The maximum absolute atomic E-state index is 12.9. The van der Waals surface area contributed by atoms with E-state index in [4.69, 9.17) is 5.73 Å². The molecule has 0 saturated heterocycles. The number of nitrogens with two attached hydrogens (primary N) is 1. The fourth-order valence-corrected chi connectivity index (χ4v) is 2.72.